The summed E-state index contributed by atoms with van der Waals surface area (Å²) < 4.78 is 83.5. The molecule has 0 aromatic heterocycles. The van der Waals surface area contributed by atoms with Gasteiger partial charge in [-0.3, -0.25) is 0 Å². The molecule has 0 saturated carbocycles. The summed E-state index contributed by atoms with van der Waals surface area (Å²) in [6, 6.07) is 0. The largest absolute Gasteiger partial charge is 0.343 e. The van der Waals surface area contributed by atoms with Crippen molar-refractivity contribution in [3.8, 4) is 0 Å². The van der Waals surface area contributed by atoms with Crippen molar-refractivity contribution in [1.29, 1.82) is 0 Å². The highest BCUT2D eigenvalue weighted by Crippen LogP contribution is 2.39. The Hall–Kier alpha value is -0.490. The topological polar surface area (TPSA) is 0 Å². The van der Waals surface area contributed by atoms with Crippen LogP contribution in [-0.4, -0.2) is 24.4 Å². The second-order valence-corrected chi connectivity index (χ2v) is 2.45. The molecule has 0 aliphatic heterocycles. The van der Waals surface area contributed by atoms with Crippen LogP contribution in [0.15, 0.2) is 0 Å². The van der Waals surface area contributed by atoms with Crippen LogP contribution in [0.2, 0.25) is 0 Å². The number of halogens is 7. The van der Waals surface area contributed by atoms with E-state index < -0.39 is 30.9 Å². The van der Waals surface area contributed by atoms with Crippen LogP contribution in [-0.2, 0) is 0 Å². The fraction of sp³-hybridized carbons (Fsp3) is 1.00. The highest BCUT2D eigenvalue weighted by molar-refractivity contribution is 4.89. The van der Waals surface area contributed by atoms with Crippen molar-refractivity contribution in [1.82, 2.24) is 0 Å². The molecule has 0 fully saturated rings. The van der Waals surface area contributed by atoms with Crippen LogP contribution in [0.3, 0.4) is 0 Å². The Balaban J connectivity index is 4.67. The van der Waals surface area contributed by atoms with Gasteiger partial charge in [-0.05, 0) is 0 Å². The van der Waals surface area contributed by atoms with Gasteiger partial charge in [-0.2, -0.15) is 8.78 Å². The molecule has 0 radical (unpaired) electrons. The van der Waals surface area contributed by atoms with Gasteiger partial charge in [-0.1, -0.05) is 6.92 Å². The lowest BCUT2D eigenvalue weighted by molar-refractivity contribution is -0.231. The SMILES string of the molecule is CCC(F)(F)[C@H](F)C(F)(F)C(F)F. The lowest BCUT2D eigenvalue weighted by atomic mass is 10.1. The molecule has 0 aliphatic rings. The summed E-state index contributed by atoms with van der Waals surface area (Å²) in [5.41, 5.74) is 0. The lowest BCUT2D eigenvalue weighted by Gasteiger charge is -2.25. The zero-order valence-corrected chi connectivity index (χ0v) is 6.51. The minimum atomic E-state index is -5.31. The molecule has 0 aliphatic carbocycles. The van der Waals surface area contributed by atoms with Crippen LogP contribution in [0.1, 0.15) is 13.3 Å². The molecule has 13 heavy (non-hydrogen) atoms. The minimum Gasteiger partial charge on any atom is -0.234 e. The van der Waals surface area contributed by atoms with Crippen molar-refractivity contribution >= 4 is 0 Å². The summed E-state index contributed by atoms with van der Waals surface area (Å²) in [5, 5.41) is 0. The van der Waals surface area contributed by atoms with Gasteiger partial charge >= 0.3 is 12.3 Å². The predicted molar refractivity (Wildman–Crippen MR) is 31.1 cm³/mol. The van der Waals surface area contributed by atoms with E-state index >= 15 is 0 Å². The van der Waals surface area contributed by atoms with Gasteiger partial charge in [0.2, 0.25) is 6.17 Å². The van der Waals surface area contributed by atoms with Crippen molar-refractivity contribution in [2.45, 2.75) is 37.8 Å². The molecule has 0 aromatic carbocycles. The van der Waals surface area contributed by atoms with E-state index in [9.17, 15) is 30.7 Å². The highest BCUT2D eigenvalue weighted by atomic mass is 19.3. The first kappa shape index (κ1) is 12.5. The smallest absolute Gasteiger partial charge is 0.234 e. The van der Waals surface area contributed by atoms with Crippen molar-refractivity contribution < 1.29 is 30.7 Å². The van der Waals surface area contributed by atoms with Crippen LogP contribution in [0, 0.1) is 0 Å². The molecule has 0 rings (SSSR count). The van der Waals surface area contributed by atoms with Gasteiger partial charge in [0.1, 0.15) is 0 Å². The van der Waals surface area contributed by atoms with Crippen LogP contribution < -0.4 is 0 Å². The third-order valence-electron chi connectivity index (χ3n) is 1.47. The van der Waals surface area contributed by atoms with Crippen LogP contribution in [0.25, 0.3) is 0 Å². The Kier molecular flexibility index (Phi) is 3.57. The van der Waals surface area contributed by atoms with Gasteiger partial charge in [-0.15, -0.1) is 0 Å². The monoisotopic (exact) mass is 212 g/mol. The van der Waals surface area contributed by atoms with Crippen LogP contribution >= 0.6 is 0 Å². The number of hydrogen-bond acceptors (Lipinski definition) is 0. The maximum Gasteiger partial charge on any atom is 0.343 e. The highest BCUT2D eigenvalue weighted by Gasteiger charge is 2.60. The molecular formula is C6H7F7. The van der Waals surface area contributed by atoms with E-state index in [-0.39, 0.29) is 0 Å². The number of hydrogen-bond donors (Lipinski definition) is 0. The Labute approximate surface area is 69.7 Å². The van der Waals surface area contributed by atoms with Gasteiger partial charge in [0.05, 0.1) is 0 Å². The molecule has 0 amide bonds. The average molecular weight is 212 g/mol. The van der Waals surface area contributed by atoms with E-state index in [1.807, 2.05) is 0 Å². The summed E-state index contributed by atoms with van der Waals surface area (Å²) in [5.74, 6) is -9.74. The quantitative estimate of drug-likeness (QED) is 0.627. The van der Waals surface area contributed by atoms with Crippen molar-refractivity contribution in [2.75, 3.05) is 0 Å². The van der Waals surface area contributed by atoms with E-state index in [2.05, 4.69) is 0 Å². The van der Waals surface area contributed by atoms with Gasteiger partial charge in [0, 0.05) is 6.42 Å². The van der Waals surface area contributed by atoms with Gasteiger partial charge in [0.15, 0.2) is 0 Å². The molecule has 0 saturated heterocycles. The predicted octanol–water partition coefficient (Wildman–Crippen LogP) is 3.27. The summed E-state index contributed by atoms with van der Waals surface area (Å²) in [4.78, 5) is 0. The minimum absolute atomic E-state index is 0.730. The normalized spacial score (nSPS) is 16.4. The van der Waals surface area contributed by atoms with Gasteiger partial charge in [0.25, 0.3) is 5.92 Å². The van der Waals surface area contributed by atoms with Crippen LogP contribution in [0.4, 0.5) is 30.7 Å². The average Bonchev–Trinajstić information content (AvgIpc) is 2.02. The first-order valence-corrected chi connectivity index (χ1v) is 3.34. The molecule has 0 unspecified atom stereocenters. The van der Waals surface area contributed by atoms with E-state index in [1.54, 1.807) is 0 Å². The fourth-order valence-electron chi connectivity index (χ4n) is 0.571. The molecule has 0 bridgehead atoms. The first-order chi connectivity index (χ1) is 5.66. The third kappa shape index (κ3) is 2.47. The number of alkyl halides is 7. The molecule has 0 nitrogen and oxygen atoms in total. The lowest BCUT2D eigenvalue weighted by Crippen LogP contribution is -2.48. The zero-order chi connectivity index (χ0) is 10.9. The molecular weight excluding hydrogens is 205 g/mol. The van der Waals surface area contributed by atoms with E-state index in [0.717, 1.165) is 6.92 Å². The van der Waals surface area contributed by atoms with E-state index in [4.69, 9.17) is 0 Å². The molecule has 0 aromatic rings. The molecule has 0 heterocycles. The summed E-state index contributed by atoms with van der Waals surface area (Å²) in [7, 11) is 0. The maximum absolute atomic E-state index is 12.2. The molecule has 0 spiro atoms. The molecule has 80 valence electrons. The molecule has 1 atom stereocenters. The van der Waals surface area contributed by atoms with Crippen LogP contribution in [0.5, 0.6) is 0 Å². The summed E-state index contributed by atoms with van der Waals surface area (Å²) in [6.07, 6.45) is -9.83. The van der Waals surface area contributed by atoms with Crippen molar-refractivity contribution in [2.24, 2.45) is 0 Å². The summed E-state index contributed by atoms with van der Waals surface area (Å²) >= 11 is 0. The Morgan fingerprint density at radius 2 is 1.38 bits per heavy atom. The summed E-state index contributed by atoms with van der Waals surface area (Å²) in [6.45, 7) is 0.730. The second-order valence-electron chi connectivity index (χ2n) is 2.45. The Morgan fingerprint density at radius 3 is 1.62 bits per heavy atom. The van der Waals surface area contributed by atoms with E-state index in [1.165, 1.54) is 0 Å². The standard InChI is InChI=1S/C6H7F7/c1-2-5(10,11)3(7)6(12,13)4(8)9/h3-4H,2H2,1H3/t3-/m0/s1. The number of rotatable bonds is 4. The molecule has 0 N–H and O–H groups in total. The van der Waals surface area contributed by atoms with Crippen molar-refractivity contribution in [3.05, 3.63) is 0 Å². The van der Waals surface area contributed by atoms with Gasteiger partial charge < -0.3 is 0 Å². The Morgan fingerprint density at radius 1 is 1.00 bits per heavy atom. The Bertz CT molecular complexity index is 164. The fourth-order valence-corrected chi connectivity index (χ4v) is 0.571. The van der Waals surface area contributed by atoms with Crippen molar-refractivity contribution in [3.63, 3.8) is 0 Å². The third-order valence-corrected chi connectivity index (χ3v) is 1.47. The maximum atomic E-state index is 12.2. The van der Waals surface area contributed by atoms with Gasteiger partial charge in [-0.25, -0.2) is 22.0 Å². The zero-order valence-electron chi connectivity index (χ0n) is 6.51. The molecule has 7 heteroatoms. The van der Waals surface area contributed by atoms with E-state index in [0.29, 0.717) is 0 Å². The second kappa shape index (κ2) is 3.71. The first-order valence-electron chi connectivity index (χ1n) is 3.34.